The molecular formula is C17H26ClN3O2S2. The van der Waals surface area contributed by atoms with Crippen LogP contribution in [0.25, 0.3) is 0 Å². The summed E-state index contributed by atoms with van der Waals surface area (Å²) in [7, 11) is -3.05. The van der Waals surface area contributed by atoms with E-state index < -0.39 is 14.6 Å². The molecule has 1 fully saturated rings. The van der Waals surface area contributed by atoms with Crippen LogP contribution in [0.15, 0.2) is 34.2 Å². The molecule has 8 heteroatoms. The average Bonchev–Trinajstić information content (AvgIpc) is 2.55. The second kappa shape index (κ2) is 8.64. The number of halogens is 1. The summed E-state index contributed by atoms with van der Waals surface area (Å²) < 4.78 is 23.6. The summed E-state index contributed by atoms with van der Waals surface area (Å²) in [5.41, 5.74) is 0. The van der Waals surface area contributed by atoms with Gasteiger partial charge in [-0.15, -0.1) is 11.8 Å². The molecule has 1 aromatic rings. The van der Waals surface area contributed by atoms with Gasteiger partial charge in [-0.3, -0.25) is 4.99 Å². The minimum Gasteiger partial charge on any atom is -0.357 e. The van der Waals surface area contributed by atoms with Crippen molar-refractivity contribution >= 4 is 39.2 Å². The number of nitrogens with one attached hydrogen (secondary N) is 1. The molecule has 5 nitrogen and oxygen atoms in total. The van der Waals surface area contributed by atoms with E-state index in [1.165, 1.54) is 0 Å². The van der Waals surface area contributed by atoms with Crippen LogP contribution in [-0.4, -0.2) is 61.7 Å². The van der Waals surface area contributed by atoms with Gasteiger partial charge in [0.25, 0.3) is 0 Å². The van der Waals surface area contributed by atoms with E-state index in [9.17, 15) is 8.42 Å². The Morgan fingerprint density at radius 1 is 1.36 bits per heavy atom. The van der Waals surface area contributed by atoms with Gasteiger partial charge in [0.2, 0.25) is 0 Å². The Balaban J connectivity index is 1.95. The van der Waals surface area contributed by atoms with Gasteiger partial charge >= 0.3 is 0 Å². The van der Waals surface area contributed by atoms with Crippen LogP contribution in [0.5, 0.6) is 0 Å². The van der Waals surface area contributed by atoms with Crippen molar-refractivity contribution in [3.8, 4) is 0 Å². The Hall–Kier alpha value is -0.920. The Labute approximate surface area is 160 Å². The molecule has 1 aliphatic heterocycles. The summed E-state index contributed by atoms with van der Waals surface area (Å²) in [6.45, 7) is 7.96. The highest BCUT2D eigenvalue weighted by Gasteiger charge is 2.40. The molecule has 0 radical (unpaired) electrons. The molecule has 1 aromatic carbocycles. The molecule has 0 atom stereocenters. The maximum Gasteiger partial charge on any atom is 0.194 e. The first-order valence-corrected chi connectivity index (χ1v) is 11.4. The largest absolute Gasteiger partial charge is 0.357 e. The average molecular weight is 404 g/mol. The molecule has 0 aliphatic carbocycles. The Morgan fingerprint density at radius 2 is 2.04 bits per heavy atom. The highest BCUT2D eigenvalue weighted by Crippen LogP contribution is 2.24. The van der Waals surface area contributed by atoms with Gasteiger partial charge in [-0.05, 0) is 45.0 Å². The standard InChI is InChI=1S/C17H26ClN3O2S2/c1-4-19-16(21-10-12-25(22,23)17(2,3)13-21)20-9-11-24-15-7-5-14(18)6-8-15/h5-8H,4,9-13H2,1-3H3,(H,19,20). The minimum absolute atomic E-state index is 0.171. The smallest absolute Gasteiger partial charge is 0.194 e. The fraction of sp³-hybridized carbons (Fsp3) is 0.588. The maximum absolute atomic E-state index is 12.2. The Kier molecular flexibility index (Phi) is 7.05. The van der Waals surface area contributed by atoms with E-state index >= 15 is 0 Å². The second-order valence-corrected chi connectivity index (χ2v) is 10.9. The van der Waals surface area contributed by atoms with Crippen LogP contribution in [0.4, 0.5) is 0 Å². The van der Waals surface area contributed by atoms with Crippen molar-refractivity contribution < 1.29 is 8.42 Å². The Bertz CT molecular complexity index is 703. The Morgan fingerprint density at radius 3 is 2.64 bits per heavy atom. The zero-order chi connectivity index (χ0) is 18.5. The number of aliphatic imine (C=N–C) groups is 1. The summed E-state index contributed by atoms with van der Waals surface area (Å²) >= 11 is 7.62. The van der Waals surface area contributed by atoms with Crippen molar-refractivity contribution in [2.75, 3.05) is 37.7 Å². The predicted octanol–water partition coefficient (Wildman–Crippen LogP) is 2.91. The molecule has 0 aromatic heterocycles. The van der Waals surface area contributed by atoms with Crippen LogP contribution in [0.2, 0.25) is 5.02 Å². The third-order valence-electron chi connectivity index (χ3n) is 4.11. The van der Waals surface area contributed by atoms with E-state index in [4.69, 9.17) is 11.6 Å². The minimum atomic E-state index is -3.05. The van der Waals surface area contributed by atoms with Gasteiger partial charge in [0.1, 0.15) is 0 Å². The quantitative estimate of drug-likeness (QED) is 0.354. The molecule has 1 N–H and O–H groups in total. The fourth-order valence-electron chi connectivity index (χ4n) is 2.60. The number of hydrogen-bond acceptors (Lipinski definition) is 4. The normalized spacial score (nSPS) is 19.7. The molecule has 25 heavy (non-hydrogen) atoms. The molecule has 0 saturated carbocycles. The number of guanidine groups is 1. The van der Waals surface area contributed by atoms with Crippen LogP contribution < -0.4 is 5.32 Å². The van der Waals surface area contributed by atoms with E-state index in [0.29, 0.717) is 19.6 Å². The summed E-state index contributed by atoms with van der Waals surface area (Å²) in [6.07, 6.45) is 0. The first kappa shape index (κ1) is 20.4. The third kappa shape index (κ3) is 5.53. The summed E-state index contributed by atoms with van der Waals surface area (Å²) in [4.78, 5) is 7.89. The van der Waals surface area contributed by atoms with E-state index in [-0.39, 0.29) is 5.75 Å². The number of hydrogen-bond donors (Lipinski definition) is 1. The van der Waals surface area contributed by atoms with Gasteiger partial charge in [-0.1, -0.05) is 11.6 Å². The molecule has 1 heterocycles. The van der Waals surface area contributed by atoms with Gasteiger partial charge in [0.15, 0.2) is 15.8 Å². The van der Waals surface area contributed by atoms with Crippen molar-refractivity contribution in [2.24, 2.45) is 4.99 Å². The maximum atomic E-state index is 12.2. The van der Waals surface area contributed by atoms with Crippen molar-refractivity contribution in [3.05, 3.63) is 29.3 Å². The fourth-order valence-corrected chi connectivity index (χ4v) is 4.83. The van der Waals surface area contributed by atoms with Gasteiger partial charge in [-0.2, -0.15) is 0 Å². The number of nitrogens with zero attached hydrogens (tertiary/aromatic N) is 2. The lowest BCUT2D eigenvalue weighted by atomic mass is 10.2. The first-order valence-electron chi connectivity index (χ1n) is 8.39. The third-order valence-corrected chi connectivity index (χ3v) is 7.89. The lowest BCUT2D eigenvalue weighted by Gasteiger charge is -2.39. The summed E-state index contributed by atoms with van der Waals surface area (Å²) in [6, 6.07) is 7.76. The van der Waals surface area contributed by atoms with Gasteiger partial charge < -0.3 is 10.2 Å². The molecule has 1 saturated heterocycles. The van der Waals surface area contributed by atoms with Crippen LogP contribution in [0, 0.1) is 0 Å². The van der Waals surface area contributed by atoms with Crippen LogP contribution in [0.3, 0.4) is 0 Å². The van der Waals surface area contributed by atoms with Crippen molar-refractivity contribution in [2.45, 2.75) is 30.4 Å². The second-order valence-electron chi connectivity index (χ2n) is 6.54. The van der Waals surface area contributed by atoms with Gasteiger partial charge in [0.05, 0.1) is 17.0 Å². The molecule has 1 aliphatic rings. The number of sulfone groups is 1. The van der Waals surface area contributed by atoms with Gasteiger partial charge in [-0.25, -0.2) is 8.42 Å². The summed E-state index contributed by atoms with van der Waals surface area (Å²) in [5, 5.41) is 4.01. The lowest BCUT2D eigenvalue weighted by molar-refractivity contribution is 0.353. The molecule has 0 spiro atoms. The topological polar surface area (TPSA) is 61.8 Å². The molecule has 0 unspecified atom stereocenters. The zero-order valence-electron chi connectivity index (χ0n) is 15.0. The van der Waals surface area contributed by atoms with Crippen LogP contribution in [-0.2, 0) is 9.84 Å². The number of benzene rings is 1. The summed E-state index contributed by atoms with van der Waals surface area (Å²) in [5.74, 6) is 1.82. The lowest BCUT2D eigenvalue weighted by Crippen LogP contribution is -2.57. The van der Waals surface area contributed by atoms with Crippen LogP contribution >= 0.6 is 23.4 Å². The van der Waals surface area contributed by atoms with E-state index in [2.05, 4.69) is 15.2 Å². The number of thioether (sulfide) groups is 1. The molecule has 0 amide bonds. The number of rotatable bonds is 5. The van der Waals surface area contributed by atoms with Gasteiger partial charge in [0, 0.05) is 35.3 Å². The van der Waals surface area contributed by atoms with E-state index in [1.54, 1.807) is 25.6 Å². The predicted molar refractivity (Wildman–Crippen MR) is 108 cm³/mol. The van der Waals surface area contributed by atoms with Crippen molar-refractivity contribution in [1.82, 2.24) is 10.2 Å². The highest BCUT2D eigenvalue weighted by atomic mass is 35.5. The van der Waals surface area contributed by atoms with E-state index in [0.717, 1.165) is 28.2 Å². The molecular weight excluding hydrogens is 378 g/mol. The van der Waals surface area contributed by atoms with Crippen molar-refractivity contribution in [1.29, 1.82) is 0 Å². The molecule has 2 rings (SSSR count). The molecule has 140 valence electrons. The van der Waals surface area contributed by atoms with Crippen LogP contribution in [0.1, 0.15) is 20.8 Å². The SMILES string of the molecule is CCNC(=NCCSc1ccc(Cl)cc1)N1CCS(=O)(=O)C(C)(C)C1. The monoisotopic (exact) mass is 403 g/mol. The van der Waals surface area contributed by atoms with Crippen molar-refractivity contribution in [3.63, 3.8) is 0 Å². The molecule has 0 bridgehead atoms. The highest BCUT2D eigenvalue weighted by molar-refractivity contribution is 7.99. The first-order chi connectivity index (χ1) is 11.7. The van der Waals surface area contributed by atoms with E-state index in [1.807, 2.05) is 31.2 Å². The zero-order valence-corrected chi connectivity index (χ0v) is 17.3.